The summed E-state index contributed by atoms with van der Waals surface area (Å²) >= 11 is 0. The van der Waals surface area contributed by atoms with Crippen LogP contribution in [0.15, 0.2) is 68.1 Å². The summed E-state index contributed by atoms with van der Waals surface area (Å²) in [5, 5.41) is 18.7. The molecule has 2 aromatic heterocycles. The van der Waals surface area contributed by atoms with Crippen molar-refractivity contribution < 1.29 is 17.9 Å². The molecule has 0 atom stereocenters. The summed E-state index contributed by atoms with van der Waals surface area (Å²) in [6.45, 7) is 5.43. The van der Waals surface area contributed by atoms with Gasteiger partial charge in [-0.15, -0.1) is 10.2 Å². The molecule has 0 aliphatic heterocycles. The molecule has 4 aromatic rings. The van der Waals surface area contributed by atoms with Crippen LogP contribution >= 0.6 is 0 Å². The van der Waals surface area contributed by atoms with Crippen molar-refractivity contribution in [1.82, 2.24) is 9.97 Å². The summed E-state index contributed by atoms with van der Waals surface area (Å²) in [6, 6.07) is 12.9. The molecule has 158 valence electrons. The Morgan fingerprint density at radius 2 is 1.61 bits per heavy atom. The number of anilines is 1. The van der Waals surface area contributed by atoms with Crippen molar-refractivity contribution in [3.8, 4) is 5.75 Å². The normalized spacial score (nSPS) is 12.0. The first-order valence-electron chi connectivity index (χ1n) is 9.30. The summed E-state index contributed by atoms with van der Waals surface area (Å²) in [5.41, 5.74) is 3.20. The first-order chi connectivity index (χ1) is 14.7. The second-order valence-corrected chi connectivity index (χ2v) is 8.71. The summed E-state index contributed by atoms with van der Waals surface area (Å²) < 4.78 is 33.1. The van der Waals surface area contributed by atoms with Crippen LogP contribution in [0, 0.1) is 20.8 Å². The zero-order valence-corrected chi connectivity index (χ0v) is 17.8. The van der Waals surface area contributed by atoms with Crippen molar-refractivity contribution in [2.24, 2.45) is 10.2 Å². The average Bonchev–Trinajstić information content (AvgIpc) is 3.00. The van der Waals surface area contributed by atoms with E-state index in [0.29, 0.717) is 28.0 Å². The largest absolute Gasteiger partial charge is 0.503 e. The maximum absolute atomic E-state index is 12.6. The van der Waals surface area contributed by atoms with Gasteiger partial charge in [0, 0.05) is 11.4 Å². The summed E-state index contributed by atoms with van der Waals surface area (Å²) in [4.78, 5) is 8.20. The lowest BCUT2D eigenvalue weighted by Gasteiger charge is -2.08. The van der Waals surface area contributed by atoms with E-state index in [1.165, 1.54) is 24.3 Å². The number of fused-ring (bicyclic) bond motifs is 1. The van der Waals surface area contributed by atoms with Gasteiger partial charge < -0.3 is 9.52 Å². The fraction of sp³-hybridized carbons (Fsp3) is 0.143. The fourth-order valence-corrected chi connectivity index (χ4v) is 3.93. The van der Waals surface area contributed by atoms with Gasteiger partial charge in [-0.1, -0.05) is 6.07 Å². The molecule has 2 N–H and O–H groups in total. The van der Waals surface area contributed by atoms with Gasteiger partial charge in [0.05, 0.1) is 16.0 Å². The number of aromatic hydroxyl groups is 1. The van der Waals surface area contributed by atoms with Crippen molar-refractivity contribution >= 4 is 38.5 Å². The Labute approximate surface area is 178 Å². The van der Waals surface area contributed by atoms with Gasteiger partial charge in [0.15, 0.2) is 5.75 Å². The van der Waals surface area contributed by atoms with Crippen molar-refractivity contribution in [3.05, 3.63) is 65.5 Å². The van der Waals surface area contributed by atoms with Gasteiger partial charge in [-0.3, -0.25) is 0 Å². The highest BCUT2D eigenvalue weighted by Gasteiger charge is 2.16. The average molecular weight is 437 g/mol. The molecule has 9 nitrogen and oxygen atoms in total. The van der Waals surface area contributed by atoms with E-state index >= 15 is 0 Å². The molecular weight excluding hydrogens is 418 g/mol. The van der Waals surface area contributed by atoms with Crippen LogP contribution in [0.5, 0.6) is 5.75 Å². The lowest BCUT2D eigenvalue weighted by atomic mass is 10.2. The van der Waals surface area contributed by atoms with E-state index < -0.39 is 10.0 Å². The lowest BCUT2D eigenvalue weighted by molar-refractivity contribution is 0.468. The van der Waals surface area contributed by atoms with Crippen molar-refractivity contribution in [1.29, 1.82) is 0 Å². The molecule has 0 bridgehead atoms. The van der Waals surface area contributed by atoms with Crippen molar-refractivity contribution in [2.75, 3.05) is 4.72 Å². The maximum Gasteiger partial charge on any atom is 0.282 e. The Kier molecular flexibility index (Phi) is 5.15. The number of nitrogens with zero attached hydrogens (tertiary/aromatic N) is 4. The first-order valence-corrected chi connectivity index (χ1v) is 10.8. The minimum absolute atomic E-state index is 0.0110. The van der Waals surface area contributed by atoms with Crippen LogP contribution in [0.1, 0.15) is 17.0 Å². The van der Waals surface area contributed by atoms with Crippen molar-refractivity contribution in [2.45, 2.75) is 25.7 Å². The van der Waals surface area contributed by atoms with Gasteiger partial charge in [-0.25, -0.2) is 23.1 Å². The Hall–Kier alpha value is -3.79. The lowest BCUT2D eigenvalue weighted by Crippen LogP contribution is -2.15. The maximum atomic E-state index is 12.6. The van der Waals surface area contributed by atoms with Gasteiger partial charge in [0.25, 0.3) is 15.9 Å². The number of aromatic nitrogens is 2. The zero-order chi connectivity index (χ0) is 22.2. The van der Waals surface area contributed by atoms with Crippen LogP contribution in [0.4, 0.5) is 17.5 Å². The second kappa shape index (κ2) is 7.80. The molecule has 0 fully saturated rings. The third-order valence-corrected chi connectivity index (χ3v) is 5.76. The van der Waals surface area contributed by atoms with E-state index in [4.69, 9.17) is 4.42 Å². The third-order valence-electron chi connectivity index (χ3n) is 4.41. The molecular formula is C21H19N5O4S. The number of sulfonamides is 1. The number of hydrogen-bond acceptors (Lipinski definition) is 8. The Bertz CT molecular complexity index is 1390. The molecule has 10 heteroatoms. The predicted octanol–water partition coefficient (Wildman–Crippen LogP) is 5.07. The highest BCUT2D eigenvalue weighted by molar-refractivity contribution is 7.92. The number of nitrogens with one attached hydrogen (secondary N) is 1. The quantitative estimate of drug-likeness (QED) is 0.419. The molecule has 0 unspecified atom stereocenters. The molecule has 0 aliphatic carbocycles. The van der Waals surface area contributed by atoms with Gasteiger partial charge in [0.1, 0.15) is 5.58 Å². The minimum Gasteiger partial charge on any atom is -0.503 e. The van der Waals surface area contributed by atoms with Crippen LogP contribution in [0.2, 0.25) is 0 Å². The molecule has 0 aliphatic rings. The van der Waals surface area contributed by atoms with Gasteiger partial charge in [0.2, 0.25) is 5.95 Å². The van der Waals surface area contributed by atoms with E-state index in [2.05, 4.69) is 24.9 Å². The summed E-state index contributed by atoms with van der Waals surface area (Å²) in [6.07, 6.45) is 0. The highest BCUT2D eigenvalue weighted by atomic mass is 32.2. The molecule has 0 spiro atoms. The molecule has 0 radical (unpaired) electrons. The zero-order valence-electron chi connectivity index (χ0n) is 17.0. The van der Waals surface area contributed by atoms with Crippen LogP contribution in [-0.2, 0) is 10.0 Å². The number of aryl methyl sites for hydroxylation is 3. The van der Waals surface area contributed by atoms with E-state index in [0.717, 1.165) is 5.56 Å². The third kappa shape index (κ3) is 4.38. The van der Waals surface area contributed by atoms with Crippen molar-refractivity contribution in [3.63, 3.8) is 0 Å². The predicted molar refractivity (Wildman–Crippen MR) is 116 cm³/mol. The Morgan fingerprint density at radius 3 is 2.29 bits per heavy atom. The molecule has 4 rings (SSSR count). The number of benzene rings is 2. The van der Waals surface area contributed by atoms with Gasteiger partial charge >= 0.3 is 0 Å². The summed E-state index contributed by atoms with van der Waals surface area (Å²) in [5.74, 6) is -0.113. The van der Waals surface area contributed by atoms with E-state index in [1.807, 2.05) is 13.0 Å². The van der Waals surface area contributed by atoms with Gasteiger partial charge in [-0.05, 0) is 68.8 Å². The standard InChI is InChI=1S/C21H19N5O4S/c1-12-4-9-17-18(10-12)30-20(19(17)27)25-24-15-5-7-16(8-6-15)31(28,29)26-21-22-13(2)11-14(3)23-21/h4-11,27H,1-3H3,(H,22,23,26). The number of azo groups is 1. The molecule has 0 saturated heterocycles. The SMILES string of the molecule is Cc1ccc2c(O)c(N=Nc3ccc(S(=O)(=O)Nc4nc(C)cc(C)n4)cc3)oc2c1. The van der Waals surface area contributed by atoms with Crippen LogP contribution in [-0.4, -0.2) is 23.5 Å². The Morgan fingerprint density at radius 1 is 0.935 bits per heavy atom. The topological polar surface area (TPSA) is 130 Å². The van der Waals surface area contributed by atoms with Crippen LogP contribution < -0.4 is 4.72 Å². The monoisotopic (exact) mass is 437 g/mol. The van der Waals surface area contributed by atoms with Crippen LogP contribution in [0.3, 0.4) is 0 Å². The molecule has 31 heavy (non-hydrogen) atoms. The highest BCUT2D eigenvalue weighted by Crippen LogP contribution is 2.39. The first kappa shape index (κ1) is 20.5. The minimum atomic E-state index is -3.86. The summed E-state index contributed by atoms with van der Waals surface area (Å²) in [7, 11) is -3.86. The van der Waals surface area contributed by atoms with Gasteiger partial charge in [-0.2, -0.15) is 0 Å². The smallest absolute Gasteiger partial charge is 0.282 e. The number of furan rings is 1. The number of hydrogen-bond donors (Lipinski definition) is 2. The van der Waals surface area contributed by atoms with E-state index in [-0.39, 0.29) is 22.5 Å². The Balaban J connectivity index is 1.54. The molecule has 0 saturated carbocycles. The molecule has 2 aromatic carbocycles. The number of rotatable bonds is 5. The second-order valence-electron chi connectivity index (χ2n) is 7.03. The molecule has 2 heterocycles. The van der Waals surface area contributed by atoms with E-state index in [9.17, 15) is 13.5 Å². The fourth-order valence-electron chi connectivity index (χ4n) is 2.99. The van der Waals surface area contributed by atoms with Crippen LogP contribution in [0.25, 0.3) is 11.0 Å². The molecule has 0 amide bonds. The van der Waals surface area contributed by atoms with E-state index in [1.54, 1.807) is 32.0 Å².